The number of amides is 1. The number of morpholine rings is 1. The second-order valence-corrected chi connectivity index (χ2v) is 6.05. The first kappa shape index (κ1) is 17.8. The highest BCUT2D eigenvalue weighted by molar-refractivity contribution is 6.01. The molecule has 0 bridgehead atoms. The van der Waals surface area contributed by atoms with E-state index >= 15 is 0 Å². The van der Waals surface area contributed by atoms with Crippen molar-refractivity contribution in [2.45, 2.75) is 13.0 Å². The van der Waals surface area contributed by atoms with Gasteiger partial charge in [0, 0.05) is 25.2 Å². The fourth-order valence-electron chi connectivity index (χ4n) is 2.76. The second-order valence-electron chi connectivity index (χ2n) is 6.05. The Labute approximate surface area is 152 Å². The van der Waals surface area contributed by atoms with Crippen molar-refractivity contribution in [1.29, 1.82) is 5.26 Å². The zero-order valence-electron chi connectivity index (χ0n) is 14.6. The van der Waals surface area contributed by atoms with E-state index in [1.54, 1.807) is 6.07 Å². The van der Waals surface area contributed by atoms with Crippen molar-refractivity contribution in [2.24, 2.45) is 0 Å². The first-order valence-electron chi connectivity index (χ1n) is 8.57. The smallest absolute Gasteiger partial charge is 0.262 e. The Morgan fingerprint density at radius 1 is 1.23 bits per heavy atom. The summed E-state index contributed by atoms with van der Waals surface area (Å²) in [7, 11) is 0. The third kappa shape index (κ3) is 4.32. The summed E-state index contributed by atoms with van der Waals surface area (Å²) in [6.45, 7) is 4.73. The summed E-state index contributed by atoms with van der Waals surface area (Å²) < 4.78 is 11.1. The lowest BCUT2D eigenvalue weighted by Gasteiger charge is -2.26. The summed E-state index contributed by atoms with van der Waals surface area (Å²) in [5.74, 6) is 0.772. The summed E-state index contributed by atoms with van der Waals surface area (Å²) in [5.41, 5.74) is 0.987. The number of nitrogens with zero attached hydrogens (tertiary/aromatic N) is 2. The number of furan rings is 1. The van der Waals surface area contributed by atoms with Crippen LogP contribution in [0.15, 0.2) is 52.5 Å². The maximum Gasteiger partial charge on any atom is 0.262 e. The van der Waals surface area contributed by atoms with E-state index in [-0.39, 0.29) is 11.6 Å². The minimum absolute atomic E-state index is 0.00987. The summed E-state index contributed by atoms with van der Waals surface area (Å²) in [4.78, 5) is 14.5. The number of ether oxygens (including phenoxy) is 1. The van der Waals surface area contributed by atoms with E-state index in [9.17, 15) is 10.1 Å². The number of anilines is 1. The zero-order valence-corrected chi connectivity index (χ0v) is 14.6. The zero-order chi connectivity index (χ0) is 18.4. The van der Waals surface area contributed by atoms with Crippen molar-refractivity contribution in [3.63, 3.8) is 0 Å². The number of nitriles is 1. The summed E-state index contributed by atoms with van der Waals surface area (Å²) in [6.07, 6.45) is 1.47. The third-order valence-electron chi connectivity index (χ3n) is 4.23. The van der Waals surface area contributed by atoms with Crippen LogP contribution in [0.3, 0.4) is 0 Å². The molecule has 1 amide bonds. The van der Waals surface area contributed by atoms with Gasteiger partial charge in [0.1, 0.15) is 17.4 Å². The molecule has 3 rings (SSSR count). The molecule has 1 aliphatic rings. The van der Waals surface area contributed by atoms with Crippen molar-refractivity contribution in [3.8, 4) is 6.07 Å². The van der Waals surface area contributed by atoms with Gasteiger partial charge in [0.05, 0.1) is 19.3 Å². The highest BCUT2D eigenvalue weighted by atomic mass is 16.5. The first-order chi connectivity index (χ1) is 12.7. The molecule has 134 valence electrons. The minimum Gasteiger partial charge on any atom is -0.441 e. The van der Waals surface area contributed by atoms with Gasteiger partial charge in [-0.15, -0.1) is 0 Å². The highest BCUT2D eigenvalue weighted by Crippen LogP contribution is 2.21. The van der Waals surface area contributed by atoms with Gasteiger partial charge in [-0.05, 0) is 18.6 Å². The normalized spacial score (nSPS) is 16.0. The summed E-state index contributed by atoms with van der Waals surface area (Å²) >= 11 is 0. The number of hydrogen-bond donors (Lipinski definition) is 1. The predicted octanol–water partition coefficient (Wildman–Crippen LogP) is 2.90. The maximum atomic E-state index is 12.4. The van der Waals surface area contributed by atoms with Crippen LogP contribution in [-0.4, -0.2) is 32.2 Å². The van der Waals surface area contributed by atoms with E-state index in [0.29, 0.717) is 19.0 Å². The Balaban J connectivity index is 1.68. The average Bonchev–Trinajstić information content (AvgIpc) is 3.16. The van der Waals surface area contributed by atoms with Crippen LogP contribution in [0.1, 0.15) is 24.3 Å². The average molecular weight is 351 g/mol. The summed E-state index contributed by atoms with van der Waals surface area (Å²) in [6, 6.07) is 15.0. The molecule has 6 nitrogen and oxygen atoms in total. The fraction of sp³-hybridized carbons (Fsp3) is 0.300. The minimum atomic E-state index is -0.423. The van der Waals surface area contributed by atoms with Gasteiger partial charge in [-0.25, -0.2) is 0 Å². The van der Waals surface area contributed by atoms with Crippen molar-refractivity contribution in [2.75, 3.05) is 31.2 Å². The van der Waals surface area contributed by atoms with Crippen molar-refractivity contribution < 1.29 is 13.9 Å². The molecule has 1 saturated heterocycles. The van der Waals surface area contributed by atoms with E-state index in [1.165, 1.54) is 6.08 Å². The molecule has 1 atom stereocenters. The first-order valence-corrected chi connectivity index (χ1v) is 8.57. The predicted molar refractivity (Wildman–Crippen MR) is 98.3 cm³/mol. The van der Waals surface area contributed by atoms with Crippen LogP contribution in [-0.2, 0) is 9.53 Å². The lowest BCUT2D eigenvalue weighted by molar-refractivity contribution is -0.117. The third-order valence-corrected chi connectivity index (χ3v) is 4.23. The van der Waals surface area contributed by atoms with Crippen molar-refractivity contribution in [3.05, 3.63) is 59.4 Å². The Hall–Kier alpha value is -3.04. The van der Waals surface area contributed by atoms with Crippen molar-refractivity contribution in [1.82, 2.24) is 5.32 Å². The quantitative estimate of drug-likeness (QED) is 0.662. The van der Waals surface area contributed by atoms with Crippen LogP contribution in [0.25, 0.3) is 6.08 Å². The van der Waals surface area contributed by atoms with Gasteiger partial charge < -0.3 is 19.4 Å². The van der Waals surface area contributed by atoms with E-state index < -0.39 is 5.91 Å². The molecular formula is C20H21N3O3. The van der Waals surface area contributed by atoms with Gasteiger partial charge in [0.25, 0.3) is 5.91 Å². The largest absolute Gasteiger partial charge is 0.441 e. The summed E-state index contributed by atoms with van der Waals surface area (Å²) in [5, 5.41) is 12.2. The van der Waals surface area contributed by atoms with Crippen LogP contribution in [0, 0.1) is 11.3 Å². The molecule has 0 saturated carbocycles. The van der Waals surface area contributed by atoms with Crippen LogP contribution in [0.2, 0.25) is 0 Å². The van der Waals surface area contributed by atoms with Crippen LogP contribution in [0.4, 0.5) is 5.88 Å². The standard InChI is InChI=1S/C20H21N3O3/c1-15(16-5-3-2-4-6-16)22-20(24)17(14-21)13-18-7-8-19(26-18)23-9-11-25-12-10-23/h2-8,13,15H,9-12H2,1H3,(H,22,24)/b17-13-. The molecule has 0 spiro atoms. The molecule has 1 aliphatic heterocycles. The van der Waals surface area contributed by atoms with Crippen LogP contribution >= 0.6 is 0 Å². The Bertz CT molecular complexity index is 814. The van der Waals surface area contributed by atoms with Gasteiger partial charge in [-0.1, -0.05) is 30.3 Å². The molecule has 2 aromatic rings. The number of benzene rings is 1. The number of carbonyl (C=O) groups excluding carboxylic acids is 1. The number of carbonyl (C=O) groups is 1. The van der Waals surface area contributed by atoms with Crippen molar-refractivity contribution >= 4 is 17.9 Å². The second kappa shape index (κ2) is 8.37. The van der Waals surface area contributed by atoms with Gasteiger partial charge >= 0.3 is 0 Å². The molecule has 0 aliphatic carbocycles. The lowest BCUT2D eigenvalue weighted by Crippen LogP contribution is -2.35. The molecule has 6 heteroatoms. The monoisotopic (exact) mass is 351 g/mol. The van der Waals surface area contributed by atoms with Gasteiger partial charge in [0.2, 0.25) is 0 Å². The van der Waals surface area contributed by atoms with Crippen LogP contribution < -0.4 is 10.2 Å². The molecule has 1 aromatic heterocycles. The molecule has 26 heavy (non-hydrogen) atoms. The topological polar surface area (TPSA) is 78.5 Å². The van der Waals surface area contributed by atoms with Gasteiger partial charge in [0.15, 0.2) is 5.88 Å². The Kier molecular flexibility index (Phi) is 5.72. The molecular weight excluding hydrogens is 330 g/mol. The van der Waals surface area contributed by atoms with E-state index in [2.05, 4.69) is 10.2 Å². The highest BCUT2D eigenvalue weighted by Gasteiger charge is 2.17. The van der Waals surface area contributed by atoms with Gasteiger partial charge in [-0.2, -0.15) is 5.26 Å². The van der Waals surface area contributed by atoms with E-state index in [1.807, 2.05) is 49.4 Å². The Morgan fingerprint density at radius 2 is 1.96 bits per heavy atom. The molecule has 1 aromatic carbocycles. The fourth-order valence-corrected chi connectivity index (χ4v) is 2.76. The maximum absolute atomic E-state index is 12.4. The number of nitrogens with one attached hydrogen (secondary N) is 1. The Morgan fingerprint density at radius 3 is 2.65 bits per heavy atom. The lowest BCUT2D eigenvalue weighted by atomic mass is 10.1. The number of rotatable bonds is 5. The molecule has 1 fully saturated rings. The van der Waals surface area contributed by atoms with E-state index in [0.717, 1.165) is 24.5 Å². The van der Waals surface area contributed by atoms with Crippen LogP contribution in [0.5, 0.6) is 0 Å². The molecule has 1 N–H and O–H groups in total. The van der Waals surface area contributed by atoms with Gasteiger partial charge in [-0.3, -0.25) is 4.79 Å². The van der Waals surface area contributed by atoms with E-state index in [4.69, 9.17) is 9.15 Å². The molecule has 1 unspecified atom stereocenters. The molecule has 0 radical (unpaired) electrons. The molecule has 2 heterocycles. The SMILES string of the molecule is CC(NC(=O)/C(C#N)=C\c1ccc(N2CCOCC2)o1)c1ccccc1. The number of hydrogen-bond acceptors (Lipinski definition) is 5.